The molecule has 4 nitrogen and oxygen atoms in total. The van der Waals surface area contributed by atoms with Crippen LogP contribution >= 0.6 is 0 Å². The van der Waals surface area contributed by atoms with Gasteiger partial charge in [-0.05, 0) is 31.4 Å². The number of benzene rings is 1. The van der Waals surface area contributed by atoms with Gasteiger partial charge in [0.25, 0.3) is 0 Å². The average molecular weight is 236 g/mol. The molecule has 0 aliphatic heterocycles. The summed E-state index contributed by atoms with van der Waals surface area (Å²) in [6.45, 7) is 0. The van der Waals surface area contributed by atoms with Crippen LogP contribution in [-0.4, -0.2) is 26.3 Å². The van der Waals surface area contributed by atoms with Crippen molar-refractivity contribution in [3.05, 3.63) is 18.2 Å². The van der Waals surface area contributed by atoms with E-state index in [9.17, 15) is 0 Å². The topological polar surface area (TPSA) is 56.5 Å². The molecule has 4 heteroatoms. The maximum Gasteiger partial charge on any atom is 0.145 e. The molecule has 0 amide bonds. The summed E-state index contributed by atoms with van der Waals surface area (Å²) < 4.78 is 10.5. The molecule has 0 saturated heterocycles. The van der Waals surface area contributed by atoms with Crippen molar-refractivity contribution in [1.82, 2.24) is 0 Å². The number of hydrogen-bond donors (Lipinski definition) is 2. The second kappa shape index (κ2) is 5.27. The van der Waals surface area contributed by atoms with E-state index >= 15 is 0 Å². The molecular formula is C13H20N2O2. The Morgan fingerprint density at radius 2 is 2.06 bits per heavy atom. The summed E-state index contributed by atoms with van der Waals surface area (Å²) in [5.74, 6) is 1.61. The first-order valence-corrected chi connectivity index (χ1v) is 5.97. The molecule has 0 spiro atoms. The third kappa shape index (κ3) is 2.82. The molecule has 2 atom stereocenters. The Balaban J connectivity index is 2.09. The van der Waals surface area contributed by atoms with E-state index in [0.29, 0.717) is 12.1 Å². The lowest BCUT2D eigenvalue weighted by atomic mass is 10.2. The largest absolute Gasteiger partial charge is 0.497 e. The summed E-state index contributed by atoms with van der Waals surface area (Å²) in [5.41, 5.74) is 6.91. The van der Waals surface area contributed by atoms with Gasteiger partial charge in [0.15, 0.2) is 0 Å². The number of nitrogens with two attached hydrogens (primary N) is 1. The summed E-state index contributed by atoms with van der Waals surface area (Å²) >= 11 is 0. The van der Waals surface area contributed by atoms with Gasteiger partial charge in [0.05, 0.1) is 19.9 Å². The number of methoxy groups -OCH3 is 2. The lowest BCUT2D eigenvalue weighted by Gasteiger charge is -2.17. The Bertz CT molecular complexity index is 382. The Morgan fingerprint density at radius 3 is 2.65 bits per heavy atom. The zero-order chi connectivity index (χ0) is 12.3. The first kappa shape index (κ1) is 12.0. The van der Waals surface area contributed by atoms with Gasteiger partial charge in [0, 0.05) is 18.2 Å². The molecule has 94 valence electrons. The minimum atomic E-state index is 0.330. The molecule has 17 heavy (non-hydrogen) atoms. The van der Waals surface area contributed by atoms with Gasteiger partial charge in [-0.3, -0.25) is 0 Å². The average Bonchev–Trinajstić information content (AvgIpc) is 2.75. The van der Waals surface area contributed by atoms with E-state index in [1.54, 1.807) is 14.2 Å². The van der Waals surface area contributed by atoms with Crippen molar-refractivity contribution >= 4 is 5.69 Å². The monoisotopic (exact) mass is 236 g/mol. The van der Waals surface area contributed by atoms with E-state index in [-0.39, 0.29) is 0 Å². The van der Waals surface area contributed by atoms with E-state index in [1.165, 1.54) is 0 Å². The first-order chi connectivity index (χ1) is 8.22. The Hall–Kier alpha value is -1.42. The molecule has 1 aliphatic carbocycles. The van der Waals surface area contributed by atoms with Gasteiger partial charge in [-0.1, -0.05) is 0 Å². The highest BCUT2D eigenvalue weighted by Gasteiger charge is 2.22. The number of hydrogen-bond acceptors (Lipinski definition) is 4. The number of ether oxygens (including phenoxy) is 2. The predicted molar refractivity (Wildman–Crippen MR) is 68.8 cm³/mol. The smallest absolute Gasteiger partial charge is 0.145 e. The quantitative estimate of drug-likeness (QED) is 0.839. The lowest BCUT2D eigenvalue weighted by Crippen LogP contribution is -2.20. The third-order valence-corrected chi connectivity index (χ3v) is 3.24. The Morgan fingerprint density at radius 1 is 1.24 bits per heavy atom. The summed E-state index contributed by atoms with van der Waals surface area (Å²) in [6, 6.07) is 6.59. The first-order valence-electron chi connectivity index (χ1n) is 5.97. The van der Waals surface area contributed by atoms with Crippen LogP contribution < -0.4 is 20.5 Å². The maximum atomic E-state index is 5.90. The molecule has 0 heterocycles. The predicted octanol–water partition coefficient (Wildman–Crippen LogP) is 2.00. The van der Waals surface area contributed by atoms with Crippen LogP contribution in [0.4, 0.5) is 5.69 Å². The van der Waals surface area contributed by atoms with Crippen LogP contribution in [-0.2, 0) is 0 Å². The van der Waals surface area contributed by atoms with Gasteiger partial charge in [-0.25, -0.2) is 0 Å². The third-order valence-electron chi connectivity index (χ3n) is 3.24. The molecule has 3 N–H and O–H groups in total. The molecule has 2 rings (SSSR count). The van der Waals surface area contributed by atoms with Gasteiger partial charge >= 0.3 is 0 Å². The van der Waals surface area contributed by atoms with Gasteiger partial charge in [-0.15, -0.1) is 0 Å². The normalized spacial score (nSPS) is 23.5. The Labute approximate surface area is 102 Å². The number of anilines is 1. The van der Waals surface area contributed by atoms with E-state index in [0.717, 1.165) is 36.4 Å². The van der Waals surface area contributed by atoms with E-state index in [4.69, 9.17) is 15.2 Å². The molecule has 1 aromatic rings. The molecule has 0 radical (unpaired) electrons. The summed E-state index contributed by atoms with van der Waals surface area (Å²) in [5, 5.41) is 3.48. The molecule has 1 saturated carbocycles. The fourth-order valence-electron chi connectivity index (χ4n) is 2.29. The van der Waals surface area contributed by atoms with Crippen molar-refractivity contribution in [3.8, 4) is 11.5 Å². The zero-order valence-corrected chi connectivity index (χ0v) is 10.4. The van der Waals surface area contributed by atoms with E-state index in [2.05, 4.69) is 5.32 Å². The van der Waals surface area contributed by atoms with Crippen LogP contribution in [0.5, 0.6) is 11.5 Å². The maximum absolute atomic E-state index is 5.90. The molecule has 1 aromatic carbocycles. The van der Waals surface area contributed by atoms with Crippen LogP contribution in [0.2, 0.25) is 0 Å². The van der Waals surface area contributed by atoms with Gasteiger partial charge in [0.2, 0.25) is 0 Å². The number of nitrogens with one attached hydrogen (secondary N) is 1. The SMILES string of the molecule is COc1ccc(NC2CCC(N)C2)c(OC)c1. The summed E-state index contributed by atoms with van der Waals surface area (Å²) in [4.78, 5) is 0. The van der Waals surface area contributed by atoms with Crippen molar-refractivity contribution in [1.29, 1.82) is 0 Å². The molecule has 0 aromatic heterocycles. The summed E-state index contributed by atoms with van der Waals surface area (Å²) in [6.07, 6.45) is 3.24. The van der Waals surface area contributed by atoms with Crippen LogP contribution in [0.25, 0.3) is 0 Å². The van der Waals surface area contributed by atoms with Crippen molar-refractivity contribution in [2.45, 2.75) is 31.3 Å². The highest BCUT2D eigenvalue weighted by atomic mass is 16.5. The van der Waals surface area contributed by atoms with Gasteiger partial charge in [0.1, 0.15) is 11.5 Å². The lowest BCUT2D eigenvalue weighted by molar-refractivity contribution is 0.395. The second-order valence-corrected chi connectivity index (χ2v) is 4.48. The van der Waals surface area contributed by atoms with Gasteiger partial charge < -0.3 is 20.5 Å². The molecule has 0 bridgehead atoms. The fraction of sp³-hybridized carbons (Fsp3) is 0.538. The van der Waals surface area contributed by atoms with Crippen LogP contribution in [0.3, 0.4) is 0 Å². The second-order valence-electron chi connectivity index (χ2n) is 4.48. The fourth-order valence-corrected chi connectivity index (χ4v) is 2.29. The molecular weight excluding hydrogens is 216 g/mol. The standard InChI is InChI=1S/C13H20N2O2/c1-16-11-5-6-12(13(8-11)17-2)15-10-4-3-9(14)7-10/h5-6,8-10,15H,3-4,7,14H2,1-2H3. The zero-order valence-electron chi connectivity index (χ0n) is 10.4. The molecule has 1 fully saturated rings. The highest BCUT2D eigenvalue weighted by Crippen LogP contribution is 2.31. The van der Waals surface area contributed by atoms with E-state index in [1.807, 2.05) is 18.2 Å². The number of rotatable bonds is 4. The van der Waals surface area contributed by atoms with Crippen LogP contribution in [0.1, 0.15) is 19.3 Å². The molecule has 1 aliphatic rings. The van der Waals surface area contributed by atoms with Crippen molar-refractivity contribution in [2.24, 2.45) is 5.73 Å². The summed E-state index contributed by atoms with van der Waals surface area (Å²) in [7, 11) is 3.32. The Kier molecular flexibility index (Phi) is 3.74. The minimum absolute atomic E-state index is 0.330. The van der Waals surface area contributed by atoms with Gasteiger partial charge in [-0.2, -0.15) is 0 Å². The van der Waals surface area contributed by atoms with E-state index < -0.39 is 0 Å². The minimum Gasteiger partial charge on any atom is -0.497 e. The van der Waals surface area contributed by atoms with Crippen molar-refractivity contribution < 1.29 is 9.47 Å². The van der Waals surface area contributed by atoms with Crippen molar-refractivity contribution in [3.63, 3.8) is 0 Å². The van der Waals surface area contributed by atoms with Crippen LogP contribution in [0, 0.1) is 0 Å². The molecule has 2 unspecified atom stereocenters. The highest BCUT2D eigenvalue weighted by molar-refractivity contribution is 5.59. The van der Waals surface area contributed by atoms with Crippen molar-refractivity contribution in [2.75, 3.05) is 19.5 Å². The van der Waals surface area contributed by atoms with Crippen LogP contribution in [0.15, 0.2) is 18.2 Å².